The van der Waals surface area contributed by atoms with Crippen LogP contribution in [0.15, 0.2) is 24.3 Å². The summed E-state index contributed by atoms with van der Waals surface area (Å²) in [6, 6.07) is 9.58. The molecule has 2 rings (SSSR count). The number of halogens is 1. The average molecular weight is 371 g/mol. The lowest BCUT2D eigenvalue weighted by Crippen LogP contribution is -2.31. The summed E-state index contributed by atoms with van der Waals surface area (Å²) in [5.74, 6) is 1.76. The Hall–Kier alpha value is -0.0900. The Balaban J connectivity index is 2.15. The summed E-state index contributed by atoms with van der Waals surface area (Å²) >= 11 is 2.42. The molecule has 1 nitrogen and oxygen atoms in total. The van der Waals surface area contributed by atoms with Crippen molar-refractivity contribution >= 4 is 22.6 Å². The first-order valence-electron chi connectivity index (χ1n) is 7.73. The van der Waals surface area contributed by atoms with E-state index in [4.69, 9.17) is 0 Å². The Morgan fingerprint density at radius 1 is 1.32 bits per heavy atom. The summed E-state index contributed by atoms with van der Waals surface area (Å²) in [7, 11) is 0. The minimum atomic E-state index is 0.550. The second-order valence-corrected chi connectivity index (χ2v) is 7.04. The second-order valence-electron chi connectivity index (χ2n) is 5.79. The average Bonchev–Trinajstić information content (AvgIpc) is 2.45. The predicted octanol–water partition coefficient (Wildman–Crippen LogP) is 5.16. The normalized spacial score (nSPS) is 25.2. The lowest BCUT2D eigenvalue weighted by atomic mass is 9.75. The van der Waals surface area contributed by atoms with Crippen LogP contribution in [-0.4, -0.2) is 6.54 Å². The van der Waals surface area contributed by atoms with E-state index in [2.05, 4.69) is 66.0 Å². The van der Waals surface area contributed by atoms with Gasteiger partial charge in [-0.25, -0.2) is 0 Å². The molecular weight excluding hydrogens is 345 g/mol. The van der Waals surface area contributed by atoms with Crippen LogP contribution in [0.25, 0.3) is 0 Å². The molecule has 0 aromatic heterocycles. The molecule has 1 aromatic rings. The number of benzene rings is 1. The van der Waals surface area contributed by atoms with Crippen molar-refractivity contribution in [1.82, 2.24) is 5.32 Å². The van der Waals surface area contributed by atoms with Crippen molar-refractivity contribution in [2.24, 2.45) is 11.8 Å². The highest BCUT2D eigenvalue weighted by molar-refractivity contribution is 14.1. The first-order valence-corrected chi connectivity index (χ1v) is 8.81. The quantitative estimate of drug-likeness (QED) is 0.705. The fourth-order valence-corrected chi connectivity index (χ4v) is 4.05. The van der Waals surface area contributed by atoms with Crippen molar-refractivity contribution in [3.63, 3.8) is 0 Å². The highest BCUT2D eigenvalue weighted by atomic mass is 127. The van der Waals surface area contributed by atoms with E-state index in [1.165, 1.54) is 41.2 Å². The molecule has 106 valence electrons. The first-order chi connectivity index (χ1) is 9.24. The third-order valence-electron chi connectivity index (χ3n) is 4.50. The zero-order valence-electron chi connectivity index (χ0n) is 12.2. The monoisotopic (exact) mass is 371 g/mol. The fraction of sp³-hybridized carbons (Fsp3) is 0.647. The van der Waals surface area contributed by atoms with Crippen molar-refractivity contribution in [3.8, 4) is 0 Å². The highest BCUT2D eigenvalue weighted by Crippen LogP contribution is 2.38. The van der Waals surface area contributed by atoms with Crippen LogP contribution in [0.2, 0.25) is 0 Å². The van der Waals surface area contributed by atoms with Crippen LogP contribution >= 0.6 is 22.6 Å². The summed E-state index contributed by atoms with van der Waals surface area (Å²) in [6.45, 7) is 5.63. The molecule has 0 spiro atoms. The maximum Gasteiger partial charge on any atom is 0.0349 e. The molecule has 1 aliphatic carbocycles. The van der Waals surface area contributed by atoms with Gasteiger partial charge in [0.15, 0.2) is 0 Å². The van der Waals surface area contributed by atoms with Crippen LogP contribution < -0.4 is 5.32 Å². The van der Waals surface area contributed by atoms with Crippen molar-refractivity contribution in [1.29, 1.82) is 0 Å². The van der Waals surface area contributed by atoms with E-state index < -0.39 is 0 Å². The Morgan fingerprint density at radius 2 is 2.16 bits per heavy atom. The van der Waals surface area contributed by atoms with Crippen LogP contribution in [0, 0.1) is 15.4 Å². The Morgan fingerprint density at radius 3 is 2.84 bits per heavy atom. The van der Waals surface area contributed by atoms with E-state index in [-0.39, 0.29) is 0 Å². The molecule has 19 heavy (non-hydrogen) atoms. The van der Waals surface area contributed by atoms with E-state index in [0.29, 0.717) is 6.04 Å². The summed E-state index contributed by atoms with van der Waals surface area (Å²) in [5, 5.41) is 3.74. The molecular formula is C17H26IN. The van der Waals surface area contributed by atoms with E-state index >= 15 is 0 Å². The molecule has 0 heterocycles. The number of rotatable bonds is 5. The van der Waals surface area contributed by atoms with Crippen molar-refractivity contribution in [3.05, 3.63) is 33.4 Å². The highest BCUT2D eigenvalue weighted by Gasteiger charge is 2.28. The van der Waals surface area contributed by atoms with Gasteiger partial charge in [-0.2, -0.15) is 0 Å². The first kappa shape index (κ1) is 15.3. The Kier molecular flexibility index (Phi) is 6.14. The standard InChI is InChI=1S/C17H26IN/c1-3-13-7-5-8-14(11-13)17(19-4-2)15-9-6-10-16(18)12-15/h6,9-10,12-14,17,19H,3-5,7-8,11H2,1-2H3. The fourth-order valence-electron chi connectivity index (χ4n) is 3.48. The summed E-state index contributed by atoms with van der Waals surface area (Å²) < 4.78 is 1.35. The topological polar surface area (TPSA) is 12.0 Å². The van der Waals surface area contributed by atoms with E-state index in [1.807, 2.05) is 0 Å². The minimum absolute atomic E-state index is 0.550. The predicted molar refractivity (Wildman–Crippen MR) is 91.3 cm³/mol. The minimum Gasteiger partial charge on any atom is -0.310 e. The van der Waals surface area contributed by atoms with E-state index in [0.717, 1.165) is 18.4 Å². The van der Waals surface area contributed by atoms with Gasteiger partial charge in [0.2, 0.25) is 0 Å². The molecule has 2 heteroatoms. The third kappa shape index (κ3) is 4.19. The third-order valence-corrected chi connectivity index (χ3v) is 5.17. The number of hydrogen-bond acceptors (Lipinski definition) is 1. The van der Waals surface area contributed by atoms with E-state index in [1.54, 1.807) is 0 Å². The molecule has 3 atom stereocenters. The summed E-state index contributed by atoms with van der Waals surface area (Å²) in [6.07, 6.45) is 6.99. The molecule has 1 aliphatic rings. The molecule has 3 unspecified atom stereocenters. The van der Waals surface area contributed by atoms with Gasteiger partial charge in [0.05, 0.1) is 0 Å². The summed E-state index contributed by atoms with van der Waals surface area (Å²) in [4.78, 5) is 0. The van der Waals surface area contributed by atoms with Gasteiger partial charge in [0, 0.05) is 9.61 Å². The maximum atomic E-state index is 3.74. The van der Waals surface area contributed by atoms with Crippen LogP contribution in [0.4, 0.5) is 0 Å². The molecule has 1 N–H and O–H groups in total. The zero-order valence-corrected chi connectivity index (χ0v) is 14.3. The number of hydrogen-bond donors (Lipinski definition) is 1. The lowest BCUT2D eigenvalue weighted by Gasteiger charge is -2.35. The Bertz CT molecular complexity index is 391. The molecule has 0 amide bonds. The van der Waals surface area contributed by atoms with Gasteiger partial charge < -0.3 is 5.32 Å². The molecule has 0 aliphatic heterocycles. The van der Waals surface area contributed by atoms with Crippen molar-refractivity contribution < 1.29 is 0 Å². The van der Waals surface area contributed by atoms with Gasteiger partial charge in [-0.15, -0.1) is 0 Å². The van der Waals surface area contributed by atoms with Gasteiger partial charge in [-0.3, -0.25) is 0 Å². The lowest BCUT2D eigenvalue weighted by molar-refractivity contribution is 0.210. The molecule has 0 bridgehead atoms. The van der Waals surface area contributed by atoms with Crippen LogP contribution in [0.1, 0.15) is 57.6 Å². The number of nitrogens with one attached hydrogen (secondary N) is 1. The van der Waals surface area contributed by atoms with Gasteiger partial charge in [-0.05, 0) is 71.5 Å². The second kappa shape index (κ2) is 7.63. The van der Waals surface area contributed by atoms with Crippen LogP contribution in [0.5, 0.6) is 0 Å². The Labute approximate surface area is 131 Å². The van der Waals surface area contributed by atoms with Crippen LogP contribution in [-0.2, 0) is 0 Å². The summed E-state index contributed by atoms with van der Waals surface area (Å²) in [5.41, 5.74) is 1.48. The van der Waals surface area contributed by atoms with Crippen molar-refractivity contribution in [2.75, 3.05) is 6.54 Å². The van der Waals surface area contributed by atoms with Gasteiger partial charge in [0.1, 0.15) is 0 Å². The zero-order chi connectivity index (χ0) is 13.7. The SMILES string of the molecule is CCNC(c1cccc(I)c1)C1CCCC(CC)C1. The van der Waals surface area contributed by atoms with Gasteiger partial charge >= 0.3 is 0 Å². The smallest absolute Gasteiger partial charge is 0.0349 e. The molecule has 1 aromatic carbocycles. The van der Waals surface area contributed by atoms with E-state index in [9.17, 15) is 0 Å². The van der Waals surface area contributed by atoms with Gasteiger partial charge in [0.25, 0.3) is 0 Å². The molecule has 1 saturated carbocycles. The van der Waals surface area contributed by atoms with Crippen LogP contribution in [0.3, 0.4) is 0 Å². The van der Waals surface area contributed by atoms with Gasteiger partial charge in [-0.1, -0.05) is 45.2 Å². The maximum absolute atomic E-state index is 3.74. The largest absolute Gasteiger partial charge is 0.310 e. The molecule has 1 fully saturated rings. The molecule has 0 radical (unpaired) electrons. The van der Waals surface area contributed by atoms with Crippen molar-refractivity contribution in [2.45, 2.75) is 52.0 Å². The molecule has 0 saturated heterocycles.